The van der Waals surface area contributed by atoms with Crippen LogP contribution in [0.4, 0.5) is 23.7 Å². The van der Waals surface area contributed by atoms with Gasteiger partial charge < -0.3 is 14.8 Å². The maximum atomic E-state index is 12.9. The van der Waals surface area contributed by atoms with E-state index in [1.807, 2.05) is 0 Å². The molecule has 3 amide bonds. The Morgan fingerprint density at radius 1 is 1.05 bits per heavy atom. The standard InChI is InChI=1S/C27H19Cl2F3N2O5S/c1-38-22-9-15(5-8-21(22)39-14-16-6-7-18(28)12-20(16)29)10-23-25(36)34(26(37)40-23)13-24(35)33-19-4-2-3-17(11-19)27(30,31)32/h2-12H,13-14H2,1H3,(H,33,35)/b23-10-. The van der Waals surface area contributed by atoms with Gasteiger partial charge in [-0.2, -0.15) is 13.2 Å². The molecule has 0 aliphatic carbocycles. The maximum Gasteiger partial charge on any atom is 0.416 e. The molecule has 1 heterocycles. The molecule has 0 aromatic heterocycles. The van der Waals surface area contributed by atoms with Gasteiger partial charge in [0, 0.05) is 21.3 Å². The highest BCUT2D eigenvalue weighted by Gasteiger charge is 2.36. The van der Waals surface area contributed by atoms with Crippen molar-refractivity contribution in [3.8, 4) is 11.5 Å². The van der Waals surface area contributed by atoms with Crippen LogP contribution in [0.25, 0.3) is 6.08 Å². The van der Waals surface area contributed by atoms with E-state index in [0.717, 1.165) is 18.2 Å². The summed E-state index contributed by atoms with van der Waals surface area (Å²) in [7, 11) is 1.44. The number of anilines is 1. The fourth-order valence-corrected chi connectivity index (χ4v) is 4.89. The van der Waals surface area contributed by atoms with Gasteiger partial charge >= 0.3 is 6.18 Å². The van der Waals surface area contributed by atoms with Gasteiger partial charge in [0.15, 0.2) is 11.5 Å². The second-order valence-electron chi connectivity index (χ2n) is 8.33. The lowest BCUT2D eigenvalue weighted by molar-refractivity contribution is -0.137. The lowest BCUT2D eigenvalue weighted by atomic mass is 10.1. The normalized spacial score (nSPS) is 14.6. The van der Waals surface area contributed by atoms with Crippen molar-refractivity contribution in [2.75, 3.05) is 19.0 Å². The Kier molecular flexibility index (Phi) is 8.97. The van der Waals surface area contributed by atoms with Crippen molar-refractivity contribution in [2.24, 2.45) is 0 Å². The van der Waals surface area contributed by atoms with Gasteiger partial charge in [-0.05, 0) is 65.9 Å². The first-order valence-corrected chi connectivity index (χ1v) is 13.0. The summed E-state index contributed by atoms with van der Waals surface area (Å²) in [6, 6.07) is 13.9. The quantitative estimate of drug-likeness (QED) is 0.270. The largest absolute Gasteiger partial charge is 0.493 e. The van der Waals surface area contributed by atoms with Crippen LogP contribution >= 0.6 is 35.0 Å². The number of hydrogen-bond donors (Lipinski definition) is 1. The third-order valence-electron chi connectivity index (χ3n) is 5.53. The van der Waals surface area contributed by atoms with Gasteiger partial charge in [0.1, 0.15) is 13.2 Å². The Morgan fingerprint density at radius 3 is 2.52 bits per heavy atom. The van der Waals surface area contributed by atoms with Gasteiger partial charge in [-0.3, -0.25) is 19.3 Å². The summed E-state index contributed by atoms with van der Waals surface area (Å²) < 4.78 is 50.0. The average molecular weight is 611 g/mol. The topological polar surface area (TPSA) is 84.9 Å². The van der Waals surface area contributed by atoms with E-state index >= 15 is 0 Å². The number of thioether (sulfide) groups is 1. The molecule has 1 aliphatic heterocycles. The van der Waals surface area contributed by atoms with Gasteiger partial charge in [0.05, 0.1) is 17.6 Å². The second-order valence-corrected chi connectivity index (χ2v) is 10.2. The Morgan fingerprint density at radius 2 is 1.82 bits per heavy atom. The van der Waals surface area contributed by atoms with Gasteiger partial charge in [0.2, 0.25) is 5.91 Å². The molecule has 0 saturated carbocycles. The number of nitrogens with one attached hydrogen (secondary N) is 1. The highest BCUT2D eigenvalue weighted by atomic mass is 35.5. The first-order valence-electron chi connectivity index (χ1n) is 11.4. The zero-order valence-electron chi connectivity index (χ0n) is 20.6. The van der Waals surface area contributed by atoms with Crippen LogP contribution in [-0.4, -0.2) is 35.6 Å². The molecule has 0 radical (unpaired) electrons. The van der Waals surface area contributed by atoms with E-state index < -0.39 is 35.3 Å². The van der Waals surface area contributed by atoms with Gasteiger partial charge in [-0.15, -0.1) is 0 Å². The van der Waals surface area contributed by atoms with Crippen molar-refractivity contribution < 1.29 is 37.0 Å². The Balaban J connectivity index is 1.42. The first kappa shape index (κ1) is 29.3. The number of carbonyl (C=O) groups excluding carboxylic acids is 3. The van der Waals surface area contributed by atoms with Crippen molar-refractivity contribution in [3.05, 3.63) is 92.3 Å². The zero-order chi connectivity index (χ0) is 29.0. The molecule has 1 aliphatic rings. The van der Waals surface area contributed by atoms with E-state index in [9.17, 15) is 27.6 Å². The molecule has 40 heavy (non-hydrogen) atoms. The van der Waals surface area contributed by atoms with Crippen molar-refractivity contribution in [1.82, 2.24) is 4.90 Å². The summed E-state index contributed by atoms with van der Waals surface area (Å²) in [5, 5.41) is 2.53. The van der Waals surface area contributed by atoms with Crippen molar-refractivity contribution >= 4 is 63.8 Å². The highest BCUT2D eigenvalue weighted by molar-refractivity contribution is 8.18. The Hall–Kier alpha value is -3.67. The Bertz CT molecular complexity index is 1510. The SMILES string of the molecule is COc1cc(/C=C2\SC(=O)N(CC(=O)Nc3cccc(C(F)(F)F)c3)C2=O)ccc1OCc1ccc(Cl)cc1Cl. The summed E-state index contributed by atoms with van der Waals surface area (Å²) in [5.41, 5.74) is 0.172. The molecular weight excluding hydrogens is 592 g/mol. The van der Waals surface area contributed by atoms with Crippen LogP contribution < -0.4 is 14.8 Å². The first-order chi connectivity index (χ1) is 18.9. The van der Waals surface area contributed by atoms with Crippen LogP contribution in [0.2, 0.25) is 10.0 Å². The number of halogens is 5. The number of carbonyl (C=O) groups is 3. The summed E-state index contributed by atoms with van der Waals surface area (Å²) >= 11 is 12.7. The van der Waals surface area contributed by atoms with Gasteiger partial charge in [0.25, 0.3) is 11.1 Å². The summed E-state index contributed by atoms with van der Waals surface area (Å²) in [6.45, 7) is -0.519. The summed E-state index contributed by atoms with van der Waals surface area (Å²) in [4.78, 5) is 38.4. The number of benzene rings is 3. The van der Waals surface area contributed by atoms with Gasteiger partial charge in [-0.25, -0.2) is 0 Å². The maximum absolute atomic E-state index is 12.9. The van der Waals surface area contributed by atoms with E-state index in [0.29, 0.717) is 49.3 Å². The number of alkyl halides is 3. The third-order valence-corrected chi connectivity index (χ3v) is 7.03. The molecule has 1 N–H and O–H groups in total. The zero-order valence-corrected chi connectivity index (χ0v) is 22.9. The predicted octanol–water partition coefficient (Wildman–Crippen LogP) is 7.27. The molecule has 1 fully saturated rings. The fourth-order valence-electron chi connectivity index (χ4n) is 3.59. The highest BCUT2D eigenvalue weighted by Crippen LogP contribution is 2.35. The van der Waals surface area contributed by atoms with Crippen molar-refractivity contribution in [3.63, 3.8) is 0 Å². The molecule has 7 nitrogen and oxygen atoms in total. The molecule has 0 atom stereocenters. The monoisotopic (exact) mass is 610 g/mol. The number of amides is 3. The minimum atomic E-state index is -4.59. The molecule has 3 aromatic carbocycles. The van der Waals surface area contributed by atoms with Crippen LogP contribution in [0.15, 0.2) is 65.6 Å². The van der Waals surface area contributed by atoms with E-state index in [4.69, 9.17) is 32.7 Å². The number of nitrogens with zero attached hydrogens (tertiary/aromatic N) is 1. The van der Waals surface area contributed by atoms with Crippen LogP contribution in [0.5, 0.6) is 11.5 Å². The van der Waals surface area contributed by atoms with E-state index in [-0.39, 0.29) is 17.2 Å². The van der Waals surface area contributed by atoms with E-state index in [1.54, 1.807) is 36.4 Å². The summed E-state index contributed by atoms with van der Waals surface area (Å²) in [6.07, 6.45) is -3.13. The predicted molar refractivity (Wildman–Crippen MR) is 147 cm³/mol. The van der Waals surface area contributed by atoms with Gasteiger partial charge in [-0.1, -0.05) is 41.4 Å². The lowest BCUT2D eigenvalue weighted by Crippen LogP contribution is -2.36. The van der Waals surface area contributed by atoms with Crippen molar-refractivity contribution in [2.45, 2.75) is 12.8 Å². The molecule has 0 spiro atoms. The number of ether oxygens (including phenoxy) is 2. The Labute approximate surface area is 240 Å². The second kappa shape index (κ2) is 12.2. The smallest absolute Gasteiger partial charge is 0.416 e. The average Bonchev–Trinajstić information content (AvgIpc) is 3.15. The molecule has 208 valence electrons. The van der Waals surface area contributed by atoms with Crippen LogP contribution in [0, 0.1) is 0 Å². The van der Waals surface area contributed by atoms with Crippen molar-refractivity contribution in [1.29, 1.82) is 0 Å². The molecule has 0 bridgehead atoms. The van der Waals surface area contributed by atoms with Crippen LogP contribution in [-0.2, 0) is 22.4 Å². The number of methoxy groups -OCH3 is 1. The van der Waals surface area contributed by atoms with Crippen LogP contribution in [0.3, 0.4) is 0 Å². The van der Waals surface area contributed by atoms with E-state index in [1.165, 1.54) is 19.3 Å². The number of rotatable bonds is 8. The fraction of sp³-hybridized carbons (Fsp3) is 0.148. The number of imide groups is 1. The summed E-state index contributed by atoms with van der Waals surface area (Å²) in [5.74, 6) is -0.777. The molecular formula is C27H19Cl2F3N2O5S. The lowest BCUT2D eigenvalue weighted by Gasteiger charge is -2.14. The number of hydrogen-bond acceptors (Lipinski definition) is 6. The molecule has 4 rings (SSSR count). The molecule has 0 unspecified atom stereocenters. The minimum Gasteiger partial charge on any atom is -0.493 e. The minimum absolute atomic E-state index is 0.0561. The third kappa shape index (κ3) is 7.09. The molecule has 1 saturated heterocycles. The molecule has 3 aromatic rings. The molecule has 13 heteroatoms. The van der Waals surface area contributed by atoms with Crippen LogP contribution in [0.1, 0.15) is 16.7 Å². The van der Waals surface area contributed by atoms with E-state index in [2.05, 4.69) is 5.32 Å².